The van der Waals surface area contributed by atoms with E-state index in [0.717, 1.165) is 38.2 Å². The van der Waals surface area contributed by atoms with E-state index in [4.69, 9.17) is 5.73 Å². The largest absolute Gasteiger partial charge is 0.354 e. The molecule has 10 nitrogen and oxygen atoms in total. The number of aromatic amines is 2. The van der Waals surface area contributed by atoms with Crippen molar-refractivity contribution in [1.82, 2.24) is 25.2 Å². The highest BCUT2D eigenvalue weighted by atomic mass is 19.1. The summed E-state index contributed by atoms with van der Waals surface area (Å²) in [5, 5.41) is 6.03. The molecule has 1 fully saturated rings. The molecule has 2 aliphatic rings. The minimum atomic E-state index is -1.64. The Bertz CT molecular complexity index is 1250. The first-order valence-electron chi connectivity index (χ1n) is 10.3. The van der Waals surface area contributed by atoms with Gasteiger partial charge in [0.05, 0.1) is 29.1 Å². The second-order valence-electron chi connectivity index (χ2n) is 8.05. The van der Waals surface area contributed by atoms with Crippen LogP contribution in [-0.4, -0.2) is 59.0 Å². The molecule has 3 aromatic rings. The van der Waals surface area contributed by atoms with Gasteiger partial charge in [-0.1, -0.05) is 6.07 Å². The van der Waals surface area contributed by atoms with Crippen LogP contribution in [0.1, 0.15) is 5.56 Å². The van der Waals surface area contributed by atoms with Gasteiger partial charge < -0.3 is 30.4 Å². The van der Waals surface area contributed by atoms with E-state index in [2.05, 4.69) is 47.4 Å². The highest BCUT2D eigenvalue weighted by Crippen LogP contribution is 2.29. The number of anilines is 2. The maximum atomic E-state index is 14.8. The lowest BCUT2D eigenvalue weighted by atomic mass is 9.98. The van der Waals surface area contributed by atoms with Crippen LogP contribution in [0.25, 0.3) is 11.0 Å². The number of imidazole rings is 1. The van der Waals surface area contributed by atoms with E-state index in [1.165, 1.54) is 0 Å². The average Bonchev–Trinajstić information content (AvgIpc) is 3.17. The van der Waals surface area contributed by atoms with E-state index < -0.39 is 11.5 Å². The number of rotatable bonds is 3. The predicted octanol–water partition coefficient (Wildman–Crippen LogP) is 0.997. The van der Waals surface area contributed by atoms with Gasteiger partial charge in [0.25, 0.3) is 0 Å². The number of aromatic nitrogens is 3. The molecule has 0 radical (unpaired) electrons. The molecule has 1 saturated heterocycles. The highest BCUT2D eigenvalue weighted by molar-refractivity contribution is 5.95. The van der Waals surface area contributed by atoms with Gasteiger partial charge in [-0.25, -0.2) is 19.2 Å². The summed E-state index contributed by atoms with van der Waals surface area (Å²) >= 11 is 0. The second kappa shape index (κ2) is 7.77. The van der Waals surface area contributed by atoms with Crippen LogP contribution in [0.4, 0.5) is 15.9 Å². The Labute approximate surface area is 183 Å². The first kappa shape index (κ1) is 20.2. The van der Waals surface area contributed by atoms with E-state index in [9.17, 15) is 9.18 Å². The molecular formula is C21H24FN9O. The summed E-state index contributed by atoms with van der Waals surface area (Å²) in [5.74, 6) is 0.546. The molecule has 0 amide bonds. The molecule has 1 atom stereocenters. The van der Waals surface area contributed by atoms with Crippen molar-refractivity contribution in [3.63, 3.8) is 0 Å². The number of halogens is 1. The summed E-state index contributed by atoms with van der Waals surface area (Å²) in [6, 6.07) is 8.80. The fourth-order valence-corrected chi connectivity index (χ4v) is 3.87. The Morgan fingerprint density at radius 1 is 1.12 bits per heavy atom. The molecule has 0 spiro atoms. The van der Waals surface area contributed by atoms with Crippen molar-refractivity contribution in [1.29, 1.82) is 0 Å². The van der Waals surface area contributed by atoms with Crippen LogP contribution in [0.15, 0.2) is 58.3 Å². The molecule has 32 heavy (non-hydrogen) atoms. The molecule has 166 valence electrons. The number of fused-ring (bicyclic) bond motifs is 1. The smallest absolute Gasteiger partial charge is 0.323 e. The zero-order valence-electron chi connectivity index (χ0n) is 17.5. The van der Waals surface area contributed by atoms with Gasteiger partial charge in [0.2, 0.25) is 5.96 Å². The number of hydrogen-bond acceptors (Lipinski definition) is 8. The zero-order valence-corrected chi connectivity index (χ0v) is 17.5. The van der Waals surface area contributed by atoms with Crippen LogP contribution in [-0.2, 0) is 5.66 Å². The van der Waals surface area contributed by atoms with E-state index in [-0.39, 0.29) is 11.6 Å². The predicted molar refractivity (Wildman–Crippen MR) is 122 cm³/mol. The Morgan fingerprint density at radius 3 is 2.66 bits per heavy atom. The van der Waals surface area contributed by atoms with Gasteiger partial charge in [-0.2, -0.15) is 0 Å². The fourth-order valence-electron chi connectivity index (χ4n) is 3.87. The van der Waals surface area contributed by atoms with Gasteiger partial charge in [-0.15, -0.1) is 0 Å². The third kappa shape index (κ3) is 3.72. The summed E-state index contributed by atoms with van der Waals surface area (Å²) in [6.45, 7) is 3.87. The lowest BCUT2D eigenvalue weighted by Gasteiger charge is -2.34. The molecule has 0 aliphatic carbocycles. The SMILES string of the molecule is CN1CCN(c2ccc(NC3=NC=C(F)C(N)(c4ccc5[nH]c(=O)[nH]c5c4)N3)cn2)CC1. The van der Waals surface area contributed by atoms with Crippen LogP contribution in [0.3, 0.4) is 0 Å². The maximum Gasteiger partial charge on any atom is 0.323 e. The molecule has 11 heteroatoms. The van der Waals surface area contributed by atoms with Crippen LogP contribution in [0.5, 0.6) is 0 Å². The molecule has 1 unspecified atom stereocenters. The van der Waals surface area contributed by atoms with E-state index in [0.29, 0.717) is 22.3 Å². The van der Waals surface area contributed by atoms with Crippen molar-refractivity contribution in [2.45, 2.75) is 5.66 Å². The molecule has 0 saturated carbocycles. The van der Waals surface area contributed by atoms with Crippen molar-refractivity contribution < 1.29 is 4.39 Å². The van der Waals surface area contributed by atoms with Crippen LogP contribution in [0.2, 0.25) is 0 Å². The topological polar surface area (TPSA) is 130 Å². The summed E-state index contributed by atoms with van der Waals surface area (Å²) in [7, 11) is 2.11. The second-order valence-corrected chi connectivity index (χ2v) is 8.05. The number of piperazine rings is 1. The molecule has 2 aliphatic heterocycles. The quantitative estimate of drug-likeness (QED) is 0.413. The third-order valence-corrected chi connectivity index (χ3v) is 5.81. The lowest BCUT2D eigenvalue weighted by molar-refractivity contribution is 0.312. The number of guanidine groups is 1. The van der Waals surface area contributed by atoms with Gasteiger partial charge in [0.15, 0.2) is 11.5 Å². The maximum absolute atomic E-state index is 14.8. The number of likely N-dealkylation sites (N-methyl/N-ethyl adjacent to an activating group) is 1. The number of nitrogens with zero attached hydrogens (tertiary/aromatic N) is 4. The van der Waals surface area contributed by atoms with Crippen molar-refractivity contribution >= 4 is 28.5 Å². The van der Waals surface area contributed by atoms with Crippen molar-refractivity contribution in [3.05, 3.63) is 64.6 Å². The molecule has 1 aromatic carbocycles. The average molecular weight is 437 g/mol. The van der Waals surface area contributed by atoms with E-state index in [1.807, 2.05) is 12.1 Å². The molecule has 0 bridgehead atoms. The van der Waals surface area contributed by atoms with E-state index in [1.54, 1.807) is 24.4 Å². The number of nitrogens with one attached hydrogen (secondary N) is 4. The monoisotopic (exact) mass is 437 g/mol. The molecule has 5 rings (SSSR count). The number of benzene rings is 1. The Balaban J connectivity index is 1.33. The summed E-state index contributed by atoms with van der Waals surface area (Å²) in [4.78, 5) is 30.0. The molecule has 2 aromatic heterocycles. The first-order valence-corrected chi connectivity index (χ1v) is 10.3. The van der Waals surface area contributed by atoms with Gasteiger partial charge in [-0.05, 0) is 31.3 Å². The van der Waals surface area contributed by atoms with Gasteiger partial charge >= 0.3 is 5.69 Å². The number of nitrogens with two attached hydrogens (primary N) is 1. The third-order valence-electron chi connectivity index (χ3n) is 5.81. The number of pyridine rings is 1. The number of aliphatic imine (C=N–C) groups is 1. The van der Waals surface area contributed by atoms with Crippen molar-refractivity contribution in [2.24, 2.45) is 10.7 Å². The lowest BCUT2D eigenvalue weighted by Crippen LogP contribution is -2.56. The normalized spacial score (nSPS) is 21.8. The Kier molecular flexibility index (Phi) is 4.91. The Morgan fingerprint density at radius 2 is 1.91 bits per heavy atom. The molecule has 4 heterocycles. The van der Waals surface area contributed by atoms with Gasteiger partial charge in [-0.3, -0.25) is 5.73 Å². The zero-order chi connectivity index (χ0) is 22.3. The number of hydrogen-bond donors (Lipinski definition) is 5. The van der Waals surface area contributed by atoms with Crippen LogP contribution in [0, 0.1) is 0 Å². The van der Waals surface area contributed by atoms with Gasteiger partial charge in [0, 0.05) is 31.7 Å². The highest BCUT2D eigenvalue weighted by Gasteiger charge is 2.36. The van der Waals surface area contributed by atoms with E-state index >= 15 is 0 Å². The van der Waals surface area contributed by atoms with Crippen LogP contribution >= 0.6 is 0 Å². The minimum Gasteiger partial charge on any atom is -0.354 e. The fraction of sp³-hybridized carbons (Fsp3) is 0.286. The molecular weight excluding hydrogens is 413 g/mol. The summed E-state index contributed by atoms with van der Waals surface area (Å²) in [5.41, 5.74) is 6.69. The van der Waals surface area contributed by atoms with Crippen molar-refractivity contribution in [2.75, 3.05) is 43.4 Å². The van der Waals surface area contributed by atoms with Crippen LogP contribution < -0.4 is 27.0 Å². The minimum absolute atomic E-state index is 0.283. The molecule has 6 N–H and O–H groups in total. The van der Waals surface area contributed by atoms with Gasteiger partial charge in [0.1, 0.15) is 5.82 Å². The number of H-pyrrole nitrogens is 2. The Hall–Kier alpha value is -3.70. The first-order chi connectivity index (χ1) is 15.4. The summed E-state index contributed by atoms with van der Waals surface area (Å²) < 4.78 is 14.8. The summed E-state index contributed by atoms with van der Waals surface area (Å²) in [6.07, 6.45) is 2.79. The standard InChI is InChI=1S/C21H24FN9O/c1-30-6-8-31(9-7-30)18-5-3-14(11-24-18)26-19-25-12-17(22)21(23,29-19)13-2-4-15-16(10-13)28-20(32)27-15/h2-5,10-12H,6-9,23H2,1H3,(H2,25,26,29)(H2,27,28,32). The van der Waals surface area contributed by atoms with Crippen molar-refractivity contribution in [3.8, 4) is 0 Å².